The Balaban J connectivity index is 1.94. The third kappa shape index (κ3) is 1.99. The van der Waals surface area contributed by atoms with E-state index in [4.69, 9.17) is 5.10 Å². The Morgan fingerprint density at radius 1 is 1.14 bits per heavy atom. The van der Waals surface area contributed by atoms with Gasteiger partial charge in [0.1, 0.15) is 11.5 Å². The van der Waals surface area contributed by atoms with Gasteiger partial charge in [-0.2, -0.15) is 5.10 Å². The second kappa shape index (κ2) is 4.98. The topological polar surface area (TPSA) is 42.7 Å². The van der Waals surface area contributed by atoms with Crippen LogP contribution in [0.1, 0.15) is 16.7 Å². The molecule has 0 atom stereocenters. The van der Waals surface area contributed by atoms with Gasteiger partial charge in [0.25, 0.3) is 0 Å². The fraction of sp³-hybridized carbons (Fsp3) is 0.222. The smallest absolute Gasteiger partial charge is 0.133 e. The molecule has 0 radical (unpaired) electrons. The van der Waals surface area contributed by atoms with E-state index in [0.717, 1.165) is 35.9 Å². The highest BCUT2D eigenvalue weighted by Crippen LogP contribution is 2.34. The number of hydrogen-bond acceptors (Lipinski definition) is 3. The SMILES string of the molecule is Cc1ccc(C)c(-n2nc(-c3ccccn3)c3c2NCC3)c1. The summed E-state index contributed by atoms with van der Waals surface area (Å²) in [4.78, 5) is 4.47. The number of rotatable bonds is 2. The molecular formula is C18H18N4. The molecule has 0 saturated heterocycles. The van der Waals surface area contributed by atoms with Crippen molar-refractivity contribution in [1.29, 1.82) is 0 Å². The molecule has 0 fully saturated rings. The van der Waals surface area contributed by atoms with E-state index in [9.17, 15) is 0 Å². The Kier molecular flexibility index (Phi) is 2.96. The number of aryl methyl sites for hydroxylation is 2. The molecule has 1 aliphatic rings. The molecule has 0 unspecified atom stereocenters. The predicted molar refractivity (Wildman–Crippen MR) is 88.5 cm³/mol. The van der Waals surface area contributed by atoms with Crippen molar-refractivity contribution < 1.29 is 0 Å². The van der Waals surface area contributed by atoms with Gasteiger partial charge in [0.2, 0.25) is 0 Å². The molecule has 3 heterocycles. The van der Waals surface area contributed by atoms with Crippen molar-refractivity contribution >= 4 is 5.82 Å². The number of aromatic nitrogens is 3. The molecule has 2 aromatic heterocycles. The number of anilines is 1. The molecule has 0 amide bonds. The van der Waals surface area contributed by atoms with E-state index in [2.05, 4.69) is 42.3 Å². The van der Waals surface area contributed by atoms with Crippen LogP contribution in [-0.2, 0) is 6.42 Å². The van der Waals surface area contributed by atoms with Crippen molar-refractivity contribution in [2.45, 2.75) is 20.3 Å². The number of hydrogen-bond donors (Lipinski definition) is 1. The summed E-state index contributed by atoms with van der Waals surface area (Å²) < 4.78 is 2.04. The first-order chi connectivity index (χ1) is 10.7. The Morgan fingerprint density at radius 3 is 2.86 bits per heavy atom. The van der Waals surface area contributed by atoms with E-state index in [0.29, 0.717) is 0 Å². The maximum atomic E-state index is 4.87. The van der Waals surface area contributed by atoms with Crippen molar-refractivity contribution in [3.63, 3.8) is 0 Å². The van der Waals surface area contributed by atoms with Crippen LogP contribution in [0.15, 0.2) is 42.6 Å². The zero-order valence-corrected chi connectivity index (χ0v) is 12.8. The van der Waals surface area contributed by atoms with Gasteiger partial charge in [0.05, 0.1) is 11.4 Å². The second-order valence-corrected chi connectivity index (χ2v) is 5.77. The Bertz CT molecular complexity index is 834. The van der Waals surface area contributed by atoms with Crippen molar-refractivity contribution in [1.82, 2.24) is 14.8 Å². The van der Waals surface area contributed by atoms with Gasteiger partial charge >= 0.3 is 0 Å². The van der Waals surface area contributed by atoms with Gasteiger partial charge in [-0.25, -0.2) is 4.68 Å². The van der Waals surface area contributed by atoms with Gasteiger partial charge < -0.3 is 5.32 Å². The van der Waals surface area contributed by atoms with E-state index < -0.39 is 0 Å². The molecule has 1 N–H and O–H groups in total. The first-order valence-electron chi connectivity index (χ1n) is 7.59. The van der Waals surface area contributed by atoms with Gasteiger partial charge in [-0.05, 0) is 49.6 Å². The van der Waals surface area contributed by atoms with E-state index in [1.54, 1.807) is 0 Å². The second-order valence-electron chi connectivity index (χ2n) is 5.77. The van der Waals surface area contributed by atoms with Gasteiger partial charge in [0.15, 0.2) is 0 Å². The number of nitrogens with zero attached hydrogens (tertiary/aromatic N) is 3. The molecule has 0 aliphatic carbocycles. The van der Waals surface area contributed by atoms with E-state index >= 15 is 0 Å². The lowest BCUT2D eigenvalue weighted by molar-refractivity contribution is 0.872. The monoisotopic (exact) mass is 290 g/mol. The highest BCUT2D eigenvalue weighted by Gasteiger charge is 2.24. The predicted octanol–water partition coefficient (Wildman–Crippen LogP) is 3.52. The molecule has 1 aromatic carbocycles. The molecule has 0 bridgehead atoms. The third-order valence-corrected chi connectivity index (χ3v) is 4.15. The summed E-state index contributed by atoms with van der Waals surface area (Å²) in [6, 6.07) is 12.4. The van der Waals surface area contributed by atoms with Crippen LogP contribution < -0.4 is 5.32 Å². The molecule has 0 spiro atoms. The van der Waals surface area contributed by atoms with Gasteiger partial charge in [-0.3, -0.25) is 4.98 Å². The Labute approximate surface area is 129 Å². The largest absolute Gasteiger partial charge is 0.369 e. The van der Waals surface area contributed by atoms with Crippen molar-refractivity contribution in [2.75, 3.05) is 11.9 Å². The first-order valence-corrected chi connectivity index (χ1v) is 7.59. The molecule has 1 aliphatic heterocycles. The number of nitrogens with one attached hydrogen (secondary N) is 1. The molecule has 110 valence electrons. The zero-order chi connectivity index (χ0) is 15.1. The van der Waals surface area contributed by atoms with Crippen molar-refractivity contribution in [3.05, 3.63) is 59.3 Å². The minimum absolute atomic E-state index is 0.937. The standard InChI is InChI=1S/C18H18N4/c1-12-6-7-13(2)16(11-12)22-18-14(8-10-20-18)17(21-22)15-5-3-4-9-19-15/h3-7,9,11,20H,8,10H2,1-2H3. The van der Waals surface area contributed by atoms with E-state index in [1.807, 2.05) is 29.1 Å². The molecule has 4 heteroatoms. The minimum Gasteiger partial charge on any atom is -0.369 e. The lowest BCUT2D eigenvalue weighted by Gasteiger charge is -2.10. The van der Waals surface area contributed by atoms with Crippen molar-refractivity contribution in [2.24, 2.45) is 0 Å². The quantitative estimate of drug-likeness (QED) is 0.785. The van der Waals surface area contributed by atoms with E-state index in [1.165, 1.54) is 16.7 Å². The summed E-state index contributed by atoms with van der Waals surface area (Å²) in [5.41, 5.74) is 6.78. The normalized spacial score (nSPS) is 13.0. The summed E-state index contributed by atoms with van der Waals surface area (Å²) in [6.45, 7) is 5.19. The highest BCUT2D eigenvalue weighted by atomic mass is 15.3. The molecule has 22 heavy (non-hydrogen) atoms. The minimum atomic E-state index is 0.937. The van der Waals surface area contributed by atoms with Gasteiger partial charge in [-0.15, -0.1) is 0 Å². The van der Waals surface area contributed by atoms with Crippen LogP contribution in [0.5, 0.6) is 0 Å². The first kappa shape index (κ1) is 13.1. The molecule has 4 nitrogen and oxygen atoms in total. The van der Waals surface area contributed by atoms with Crippen LogP contribution >= 0.6 is 0 Å². The summed E-state index contributed by atoms with van der Waals surface area (Å²) in [7, 11) is 0. The summed E-state index contributed by atoms with van der Waals surface area (Å²) >= 11 is 0. The Hall–Kier alpha value is -2.62. The van der Waals surface area contributed by atoms with Crippen LogP contribution in [0.2, 0.25) is 0 Å². The molecule has 0 saturated carbocycles. The fourth-order valence-corrected chi connectivity index (χ4v) is 3.01. The van der Waals surface area contributed by atoms with Crippen LogP contribution in [0, 0.1) is 13.8 Å². The highest BCUT2D eigenvalue weighted by molar-refractivity contribution is 5.71. The van der Waals surface area contributed by atoms with E-state index in [-0.39, 0.29) is 0 Å². The summed E-state index contributed by atoms with van der Waals surface area (Å²) in [6.07, 6.45) is 2.81. The average Bonchev–Trinajstić information content (AvgIpc) is 3.13. The van der Waals surface area contributed by atoms with Crippen LogP contribution in [0.25, 0.3) is 17.1 Å². The van der Waals surface area contributed by atoms with Crippen LogP contribution in [-0.4, -0.2) is 21.3 Å². The maximum Gasteiger partial charge on any atom is 0.133 e. The maximum absolute atomic E-state index is 4.87. The number of fused-ring (bicyclic) bond motifs is 1. The van der Waals surface area contributed by atoms with Gasteiger partial charge in [-0.1, -0.05) is 18.2 Å². The lowest BCUT2D eigenvalue weighted by atomic mass is 10.1. The third-order valence-electron chi connectivity index (χ3n) is 4.15. The van der Waals surface area contributed by atoms with Crippen LogP contribution in [0.4, 0.5) is 5.82 Å². The molecule has 3 aromatic rings. The number of benzene rings is 1. The van der Waals surface area contributed by atoms with Crippen molar-refractivity contribution in [3.8, 4) is 17.1 Å². The fourth-order valence-electron chi connectivity index (χ4n) is 3.01. The lowest BCUT2D eigenvalue weighted by Crippen LogP contribution is -2.06. The average molecular weight is 290 g/mol. The van der Waals surface area contributed by atoms with Crippen LogP contribution in [0.3, 0.4) is 0 Å². The van der Waals surface area contributed by atoms with Gasteiger partial charge in [0, 0.05) is 18.3 Å². The molecular weight excluding hydrogens is 272 g/mol. The summed E-state index contributed by atoms with van der Waals surface area (Å²) in [5, 5.41) is 8.34. The number of pyridine rings is 1. The molecule has 4 rings (SSSR count). The zero-order valence-electron chi connectivity index (χ0n) is 12.8. The Morgan fingerprint density at radius 2 is 2.05 bits per heavy atom. The summed E-state index contributed by atoms with van der Waals surface area (Å²) in [5.74, 6) is 1.11.